The molecule has 3 nitrogen and oxygen atoms in total. The van der Waals surface area contributed by atoms with Crippen LogP contribution in [0.3, 0.4) is 0 Å². The van der Waals surface area contributed by atoms with E-state index in [1.807, 2.05) is 0 Å². The number of amides is 1. The van der Waals surface area contributed by atoms with Gasteiger partial charge >= 0.3 is 6.18 Å². The zero-order chi connectivity index (χ0) is 13.2. The second-order valence-electron chi connectivity index (χ2n) is 3.61. The Morgan fingerprint density at radius 1 is 1.18 bits per heavy atom. The molecule has 0 aromatic heterocycles. The van der Waals surface area contributed by atoms with Crippen LogP contribution in [0.1, 0.15) is 15.9 Å². The quantitative estimate of drug-likeness (QED) is 0.590. The maximum atomic E-state index is 12.4. The number of benzene rings is 1. The van der Waals surface area contributed by atoms with Crippen LogP contribution >= 0.6 is 0 Å². The minimum absolute atomic E-state index is 0.265. The van der Waals surface area contributed by atoms with E-state index in [2.05, 4.69) is 0 Å². The van der Waals surface area contributed by atoms with E-state index in [9.17, 15) is 22.8 Å². The molecular formula is C11H10F3NO2. The van der Waals surface area contributed by atoms with Crippen molar-refractivity contribution in [2.45, 2.75) is 6.18 Å². The molecule has 17 heavy (non-hydrogen) atoms. The van der Waals surface area contributed by atoms with E-state index in [1.165, 1.54) is 20.2 Å². The number of hydrogen-bond donors (Lipinski definition) is 0. The van der Waals surface area contributed by atoms with Gasteiger partial charge in [-0.3, -0.25) is 9.59 Å². The highest BCUT2D eigenvalue weighted by Gasteiger charge is 2.31. The Labute approximate surface area is 95.8 Å². The molecule has 0 bridgehead atoms. The Bertz CT molecular complexity index is 452. The zero-order valence-electron chi connectivity index (χ0n) is 9.21. The average molecular weight is 245 g/mol. The lowest BCUT2D eigenvalue weighted by molar-refractivity contribution is -0.137. The Morgan fingerprint density at radius 2 is 1.76 bits per heavy atom. The van der Waals surface area contributed by atoms with Crippen molar-refractivity contribution in [1.29, 1.82) is 0 Å². The van der Waals surface area contributed by atoms with Crippen molar-refractivity contribution < 1.29 is 22.8 Å². The van der Waals surface area contributed by atoms with Gasteiger partial charge in [-0.15, -0.1) is 0 Å². The number of carbonyl (C=O) groups excluding carboxylic acids is 2. The Kier molecular flexibility index (Phi) is 3.55. The van der Waals surface area contributed by atoms with Gasteiger partial charge in [0, 0.05) is 19.7 Å². The highest BCUT2D eigenvalue weighted by atomic mass is 19.4. The lowest BCUT2D eigenvalue weighted by Gasteiger charge is -2.10. The van der Waals surface area contributed by atoms with Gasteiger partial charge in [-0.1, -0.05) is 12.1 Å². The molecule has 0 unspecified atom stereocenters. The molecule has 1 aromatic rings. The van der Waals surface area contributed by atoms with Crippen molar-refractivity contribution in [3.63, 3.8) is 0 Å². The van der Waals surface area contributed by atoms with E-state index in [0.29, 0.717) is 6.07 Å². The Hall–Kier alpha value is -1.85. The summed E-state index contributed by atoms with van der Waals surface area (Å²) in [5.74, 6) is -1.81. The highest BCUT2D eigenvalue weighted by Crippen LogP contribution is 2.29. The molecule has 0 spiro atoms. The van der Waals surface area contributed by atoms with Gasteiger partial charge in [0.25, 0.3) is 5.91 Å². The van der Waals surface area contributed by atoms with Crippen molar-refractivity contribution in [3.8, 4) is 0 Å². The largest absolute Gasteiger partial charge is 0.416 e. The average Bonchev–Trinajstić information content (AvgIpc) is 2.26. The fourth-order valence-corrected chi connectivity index (χ4v) is 1.16. The van der Waals surface area contributed by atoms with Gasteiger partial charge in [-0.25, -0.2) is 0 Å². The Balaban J connectivity index is 3.09. The molecule has 0 heterocycles. The third-order valence-corrected chi connectivity index (χ3v) is 2.05. The predicted octanol–water partition coefficient (Wildman–Crippen LogP) is 1.98. The van der Waals surface area contributed by atoms with Crippen LogP contribution in [-0.4, -0.2) is 30.7 Å². The van der Waals surface area contributed by atoms with E-state index in [1.54, 1.807) is 0 Å². The maximum absolute atomic E-state index is 12.4. The molecule has 0 aliphatic carbocycles. The molecule has 0 saturated heterocycles. The molecule has 0 saturated carbocycles. The summed E-state index contributed by atoms with van der Waals surface area (Å²) >= 11 is 0. The molecule has 0 aliphatic rings. The summed E-state index contributed by atoms with van der Waals surface area (Å²) in [6.45, 7) is 0. The van der Waals surface area contributed by atoms with Crippen LogP contribution in [0.5, 0.6) is 0 Å². The summed E-state index contributed by atoms with van der Waals surface area (Å²) in [6.07, 6.45) is -4.53. The molecule has 0 fully saturated rings. The van der Waals surface area contributed by atoms with E-state index in [-0.39, 0.29) is 5.56 Å². The van der Waals surface area contributed by atoms with Crippen molar-refractivity contribution in [3.05, 3.63) is 35.4 Å². The number of nitrogens with zero attached hydrogens (tertiary/aromatic N) is 1. The van der Waals surface area contributed by atoms with Gasteiger partial charge in [-0.2, -0.15) is 13.2 Å². The summed E-state index contributed by atoms with van der Waals surface area (Å²) in [5.41, 5.74) is -1.21. The fraction of sp³-hybridized carbons (Fsp3) is 0.273. The maximum Gasteiger partial charge on any atom is 0.416 e. The number of ketones is 1. The minimum Gasteiger partial charge on any atom is -0.342 e. The van der Waals surface area contributed by atoms with Crippen LogP contribution < -0.4 is 0 Å². The Morgan fingerprint density at radius 3 is 2.24 bits per heavy atom. The number of rotatable bonds is 2. The first kappa shape index (κ1) is 13.2. The number of alkyl halides is 3. The lowest BCUT2D eigenvalue weighted by atomic mass is 10.1. The number of likely N-dealkylation sites (N-methyl/N-ethyl adjacent to an activating group) is 1. The summed E-state index contributed by atoms with van der Waals surface area (Å²) < 4.78 is 37.2. The van der Waals surface area contributed by atoms with E-state index >= 15 is 0 Å². The number of halogens is 3. The predicted molar refractivity (Wildman–Crippen MR) is 54.5 cm³/mol. The molecule has 0 radical (unpaired) electrons. The van der Waals surface area contributed by atoms with Gasteiger partial charge in [0.1, 0.15) is 0 Å². The monoisotopic (exact) mass is 245 g/mol. The first-order chi connectivity index (χ1) is 7.73. The normalized spacial score (nSPS) is 11.1. The van der Waals surface area contributed by atoms with Gasteiger partial charge in [-0.05, 0) is 12.1 Å². The zero-order valence-corrected chi connectivity index (χ0v) is 9.21. The van der Waals surface area contributed by atoms with Crippen molar-refractivity contribution >= 4 is 11.7 Å². The van der Waals surface area contributed by atoms with E-state index in [4.69, 9.17) is 0 Å². The topological polar surface area (TPSA) is 37.4 Å². The number of carbonyl (C=O) groups is 2. The fourth-order valence-electron chi connectivity index (χ4n) is 1.16. The summed E-state index contributed by atoms with van der Waals surface area (Å²) in [7, 11) is 2.71. The highest BCUT2D eigenvalue weighted by molar-refractivity contribution is 6.42. The number of hydrogen-bond acceptors (Lipinski definition) is 2. The molecule has 92 valence electrons. The van der Waals surface area contributed by atoms with Gasteiger partial charge in [0.15, 0.2) is 0 Å². The first-order valence-corrected chi connectivity index (χ1v) is 4.66. The van der Waals surface area contributed by atoms with Crippen molar-refractivity contribution in [2.75, 3.05) is 14.1 Å². The molecule has 0 aliphatic heterocycles. The third-order valence-electron chi connectivity index (χ3n) is 2.05. The van der Waals surface area contributed by atoms with Crippen LogP contribution in [-0.2, 0) is 11.0 Å². The molecule has 6 heteroatoms. The van der Waals surface area contributed by atoms with Crippen LogP contribution in [0.25, 0.3) is 0 Å². The second-order valence-corrected chi connectivity index (χ2v) is 3.61. The summed E-state index contributed by atoms with van der Waals surface area (Å²) in [5, 5.41) is 0. The van der Waals surface area contributed by atoms with Gasteiger partial charge < -0.3 is 4.90 Å². The summed E-state index contributed by atoms with van der Waals surface area (Å²) in [6, 6.07) is 3.79. The van der Waals surface area contributed by atoms with Gasteiger partial charge in [0.2, 0.25) is 5.78 Å². The smallest absolute Gasteiger partial charge is 0.342 e. The molecular weight excluding hydrogens is 235 g/mol. The lowest BCUT2D eigenvalue weighted by Crippen LogP contribution is -2.30. The summed E-state index contributed by atoms with van der Waals surface area (Å²) in [4.78, 5) is 23.8. The van der Waals surface area contributed by atoms with Crippen molar-refractivity contribution in [1.82, 2.24) is 4.90 Å². The molecule has 0 N–H and O–H groups in total. The van der Waals surface area contributed by atoms with Crippen molar-refractivity contribution in [2.24, 2.45) is 0 Å². The van der Waals surface area contributed by atoms with Gasteiger partial charge in [0.05, 0.1) is 5.56 Å². The molecule has 0 atom stereocenters. The van der Waals surface area contributed by atoms with Crippen LogP contribution in [0, 0.1) is 0 Å². The van der Waals surface area contributed by atoms with E-state index in [0.717, 1.165) is 17.0 Å². The van der Waals surface area contributed by atoms with Crippen LogP contribution in [0.4, 0.5) is 13.2 Å². The molecule has 1 amide bonds. The van der Waals surface area contributed by atoms with E-state index < -0.39 is 23.4 Å². The second kappa shape index (κ2) is 4.57. The number of Topliss-reactive ketones (excluding diaryl/α,β-unsaturated/α-hetero) is 1. The molecule has 1 aromatic carbocycles. The first-order valence-electron chi connectivity index (χ1n) is 4.66. The minimum atomic E-state index is -4.53. The third kappa shape index (κ3) is 3.05. The molecule has 1 rings (SSSR count). The van der Waals surface area contributed by atoms with Crippen LogP contribution in [0.15, 0.2) is 24.3 Å². The standard InChI is InChI=1S/C11H10F3NO2/c1-15(2)10(17)9(16)7-4-3-5-8(6-7)11(12,13)14/h3-6H,1-2H3. The van der Waals surface area contributed by atoms with Crippen LogP contribution in [0.2, 0.25) is 0 Å². The SMILES string of the molecule is CN(C)C(=O)C(=O)c1cccc(C(F)(F)F)c1.